The lowest BCUT2D eigenvalue weighted by Gasteiger charge is -2.13. The van der Waals surface area contributed by atoms with Crippen LogP contribution >= 0.6 is 0 Å². The van der Waals surface area contributed by atoms with Crippen LogP contribution in [0.3, 0.4) is 0 Å². The molecule has 104 valence electrons. The van der Waals surface area contributed by atoms with Crippen molar-refractivity contribution in [2.24, 2.45) is 0 Å². The summed E-state index contributed by atoms with van der Waals surface area (Å²) in [6, 6.07) is 3.77. The molecule has 0 aromatic heterocycles. The zero-order chi connectivity index (χ0) is 14.4. The van der Waals surface area contributed by atoms with Gasteiger partial charge in [-0.1, -0.05) is 0 Å². The van der Waals surface area contributed by atoms with Crippen molar-refractivity contribution in [2.75, 3.05) is 0 Å². The Hall–Kier alpha value is -1.91. The van der Waals surface area contributed by atoms with E-state index in [9.17, 15) is 14.0 Å². The van der Waals surface area contributed by atoms with Crippen molar-refractivity contribution in [2.45, 2.75) is 39.2 Å². The van der Waals surface area contributed by atoms with Gasteiger partial charge in [0.1, 0.15) is 11.6 Å². The van der Waals surface area contributed by atoms with E-state index in [1.54, 1.807) is 0 Å². The second-order valence-electron chi connectivity index (χ2n) is 4.48. The molecule has 0 heterocycles. The molecule has 1 aromatic carbocycles. The molecule has 0 radical (unpaired) electrons. The molecule has 0 spiro atoms. The van der Waals surface area contributed by atoms with Gasteiger partial charge in [0.2, 0.25) is 0 Å². The van der Waals surface area contributed by atoms with Crippen molar-refractivity contribution >= 4 is 11.8 Å². The number of ether oxygens (including phenoxy) is 1. The van der Waals surface area contributed by atoms with Crippen molar-refractivity contribution < 1.29 is 23.8 Å². The van der Waals surface area contributed by atoms with Gasteiger partial charge >= 0.3 is 5.97 Å². The van der Waals surface area contributed by atoms with Crippen molar-refractivity contribution in [3.8, 4) is 5.75 Å². The fourth-order valence-corrected chi connectivity index (χ4v) is 1.61. The largest absolute Gasteiger partial charge is 0.490 e. The van der Waals surface area contributed by atoms with Crippen LogP contribution in [0.2, 0.25) is 0 Å². The smallest absolute Gasteiger partial charge is 0.303 e. The minimum absolute atomic E-state index is 0.0597. The van der Waals surface area contributed by atoms with E-state index in [1.807, 2.05) is 13.8 Å². The fourth-order valence-electron chi connectivity index (χ4n) is 1.61. The first-order valence-electron chi connectivity index (χ1n) is 6.11. The summed E-state index contributed by atoms with van der Waals surface area (Å²) in [5.41, 5.74) is 0.166. The van der Waals surface area contributed by atoms with Crippen molar-refractivity contribution in [1.82, 2.24) is 0 Å². The van der Waals surface area contributed by atoms with Crippen LogP contribution in [0.25, 0.3) is 0 Å². The first-order valence-corrected chi connectivity index (χ1v) is 6.11. The lowest BCUT2D eigenvalue weighted by Crippen LogP contribution is -2.11. The number of rotatable bonds is 7. The zero-order valence-electron chi connectivity index (χ0n) is 11.0. The monoisotopic (exact) mass is 268 g/mol. The summed E-state index contributed by atoms with van der Waals surface area (Å²) in [5.74, 6) is -1.45. The number of carbonyl (C=O) groups is 2. The Bertz CT molecular complexity index is 469. The molecule has 19 heavy (non-hydrogen) atoms. The van der Waals surface area contributed by atoms with Gasteiger partial charge in [-0.3, -0.25) is 9.59 Å². The Morgan fingerprint density at radius 1 is 1.32 bits per heavy atom. The average Bonchev–Trinajstić information content (AvgIpc) is 2.30. The number of benzene rings is 1. The Labute approximate surface area is 111 Å². The Balaban J connectivity index is 2.81. The quantitative estimate of drug-likeness (QED) is 0.772. The summed E-state index contributed by atoms with van der Waals surface area (Å²) in [6.07, 6.45) is 0.0771. The summed E-state index contributed by atoms with van der Waals surface area (Å²) >= 11 is 0. The SMILES string of the molecule is CC(C)Oc1ccc(F)cc1C(=O)CCCC(=O)O. The van der Waals surface area contributed by atoms with Crippen molar-refractivity contribution in [3.63, 3.8) is 0 Å². The van der Waals surface area contributed by atoms with Crippen LogP contribution in [0.5, 0.6) is 5.75 Å². The number of carboxylic acids is 1. The Morgan fingerprint density at radius 3 is 2.58 bits per heavy atom. The molecule has 0 atom stereocenters. The van der Waals surface area contributed by atoms with Gasteiger partial charge in [-0.25, -0.2) is 4.39 Å². The van der Waals surface area contributed by atoms with Gasteiger partial charge < -0.3 is 9.84 Å². The lowest BCUT2D eigenvalue weighted by molar-refractivity contribution is -0.137. The summed E-state index contributed by atoms with van der Waals surface area (Å²) in [7, 11) is 0. The highest BCUT2D eigenvalue weighted by atomic mass is 19.1. The molecule has 0 aliphatic heterocycles. The van der Waals surface area contributed by atoms with E-state index < -0.39 is 11.8 Å². The summed E-state index contributed by atoms with van der Waals surface area (Å²) < 4.78 is 18.6. The highest BCUT2D eigenvalue weighted by Crippen LogP contribution is 2.23. The first-order chi connectivity index (χ1) is 8.90. The zero-order valence-corrected chi connectivity index (χ0v) is 11.0. The van der Waals surface area contributed by atoms with Crippen molar-refractivity contribution in [3.05, 3.63) is 29.6 Å². The number of hydrogen-bond donors (Lipinski definition) is 1. The summed E-state index contributed by atoms with van der Waals surface area (Å²) in [6.45, 7) is 3.62. The van der Waals surface area contributed by atoms with Gasteiger partial charge in [-0.2, -0.15) is 0 Å². The summed E-state index contributed by atoms with van der Waals surface area (Å²) in [4.78, 5) is 22.3. The van der Waals surface area contributed by atoms with Gasteiger partial charge in [0.15, 0.2) is 5.78 Å². The second-order valence-corrected chi connectivity index (χ2v) is 4.48. The Kier molecular flexibility index (Phi) is 5.48. The third-order valence-electron chi connectivity index (χ3n) is 2.40. The molecule has 4 nitrogen and oxygen atoms in total. The number of hydrogen-bond acceptors (Lipinski definition) is 3. The predicted octanol–water partition coefficient (Wildman–Crippen LogP) is 3.05. The van der Waals surface area contributed by atoms with E-state index in [4.69, 9.17) is 9.84 Å². The molecule has 0 fully saturated rings. The second kappa shape index (κ2) is 6.87. The number of Topliss-reactive ketones (excluding diaryl/α,β-unsaturated/α-hetero) is 1. The Morgan fingerprint density at radius 2 is 2.00 bits per heavy atom. The third-order valence-corrected chi connectivity index (χ3v) is 2.40. The average molecular weight is 268 g/mol. The van der Waals surface area contributed by atoms with Crippen LogP contribution in [0.15, 0.2) is 18.2 Å². The number of aliphatic carboxylic acids is 1. The van der Waals surface area contributed by atoms with Crippen LogP contribution in [0.4, 0.5) is 4.39 Å². The van der Waals surface area contributed by atoms with E-state index in [0.717, 1.165) is 6.07 Å². The fraction of sp³-hybridized carbons (Fsp3) is 0.429. The molecule has 0 saturated heterocycles. The molecule has 1 N–H and O–H groups in total. The van der Waals surface area contributed by atoms with E-state index in [2.05, 4.69) is 0 Å². The van der Waals surface area contributed by atoms with Crippen LogP contribution in [-0.2, 0) is 4.79 Å². The van der Waals surface area contributed by atoms with E-state index in [-0.39, 0.29) is 36.7 Å². The number of ketones is 1. The molecule has 1 aromatic rings. The maximum atomic E-state index is 13.2. The molecule has 1 rings (SSSR count). The maximum absolute atomic E-state index is 13.2. The summed E-state index contributed by atoms with van der Waals surface area (Å²) in [5, 5.41) is 8.52. The standard InChI is InChI=1S/C14H17FO4/c1-9(2)19-13-7-6-10(15)8-11(13)12(16)4-3-5-14(17)18/h6-9H,3-5H2,1-2H3,(H,17,18). The van der Waals surface area contributed by atoms with Gasteiger partial charge in [-0.05, 0) is 38.5 Å². The molecular formula is C14H17FO4. The molecule has 0 aliphatic rings. The predicted molar refractivity (Wildman–Crippen MR) is 68.0 cm³/mol. The highest BCUT2D eigenvalue weighted by Gasteiger charge is 2.15. The van der Waals surface area contributed by atoms with Crippen LogP contribution in [0, 0.1) is 5.82 Å². The minimum atomic E-state index is -0.953. The maximum Gasteiger partial charge on any atom is 0.303 e. The molecule has 0 unspecified atom stereocenters. The number of carbonyl (C=O) groups excluding carboxylic acids is 1. The van der Waals surface area contributed by atoms with Gasteiger partial charge in [-0.15, -0.1) is 0 Å². The normalized spacial score (nSPS) is 10.5. The molecule has 0 amide bonds. The van der Waals surface area contributed by atoms with Crippen LogP contribution < -0.4 is 4.74 Å². The van der Waals surface area contributed by atoms with Gasteiger partial charge in [0.05, 0.1) is 11.7 Å². The first kappa shape index (κ1) is 15.1. The molecular weight excluding hydrogens is 251 g/mol. The van der Waals surface area contributed by atoms with Crippen molar-refractivity contribution in [1.29, 1.82) is 0 Å². The molecule has 0 bridgehead atoms. The van der Waals surface area contributed by atoms with E-state index in [0.29, 0.717) is 5.75 Å². The molecule has 0 aliphatic carbocycles. The van der Waals surface area contributed by atoms with Crippen LogP contribution in [-0.4, -0.2) is 23.0 Å². The third kappa shape index (κ3) is 5.07. The van der Waals surface area contributed by atoms with E-state index >= 15 is 0 Å². The van der Waals surface area contributed by atoms with E-state index in [1.165, 1.54) is 12.1 Å². The minimum Gasteiger partial charge on any atom is -0.490 e. The molecule has 0 saturated carbocycles. The van der Waals surface area contributed by atoms with Gasteiger partial charge in [0.25, 0.3) is 0 Å². The lowest BCUT2D eigenvalue weighted by atomic mass is 10.0. The highest BCUT2D eigenvalue weighted by molar-refractivity contribution is 5.98. The molecule has 5 heteroatoms. The number of halogens is 1. The topological polar surface area (TPSA) is 63.6 Å². The van der Waals surface area contributed by atoms with Crippen LogP contribution in [0.1, 0.15) is 43.5 Å². The number of carboxylic acid groups (broad SMARTS) is 1. The van der Waals surface area contributed by atoms with Gasteiger partial charge in [0, 0.05) is 12.8 Å².